The van der Waals surface area contributed by atoms with E-state index in [0.29, 0.717) is 0 Å². The van der Waals surface area contributed by atoms with Crippen molar-refractivity contribution in [2.75, 3.05) is 13.1 Å². The van der Waals surface area contributed by atoms with E-state index in [2.05, 4.69) is 5.32 Å². The first-order valence-electron chi connectivity index (χ1n) is 11.4. The van der Waals surface area contributed by atoms with Gasteiger partial charge in [-0.15, -0.1) is 0 Å². The first-order valence-corrected chi connectivity index (χ1v) is 12.9. The molecule has 0 aliphatic carbocycles. The first-order chi connectivity index (χ1) is 16.7. The SMILES string of the molecule is Cc1ccc(S(=O)(=O)N2CC(=O)N(Cc3ccccc3)[C@](C)(C(=O)NCc3ccccc3)C2)cc1. The molecule has 1 aliphatic rings. The topological polar surface area (TPSA) is 86.8 Å². The molecule has 3 aromatic carbocycles. The maximum Gasteiger partial charge on any atom is 0.247 e. The highest BCUT2D eigenvalue weighted by Crippen LogP contribution is 2.29. The number of hydrogen-bond donors (Lipinski definition) is 1. The summed E-state index contributed by atoms with van der Waals surface area (Å²) in [7, 11) is -3.97. The van der Waals surface area contributed by atoms with Crippen molar-refractivity contribution in [2.45, 2.75) is 37.4 Å². The summed E-state index contributed by atoms with van der Waals surface area (Å²) in [6, 6.07) is 25.3. The van der Waals surface area contributed by atoms with Gasteiger partial charge in [0, 0.05) is 19.6 Å². The summed E-state index contributed by atoms with van der Waals surface area (Å²) >= 11 is 0. The van der Waals surface area contributed by atoms with Crippen LogP contribution in [0.1, 0.15) is 23.6 Å². The number of piperazine rings is 1. The normalized spacial score (nSPS) is 18.9. The Hall–Kier alpha value is -3.49. The van der Waals surface area contributed by atoms with Crippen LogP contribution >= 0.6 is 0 Å². The number of amides is 2. The molecule has 0 radical (unpaired) electrons. The molecule has 1 aliphatic heterocycles. The van der Waals surface area contributed by atoms with E-state index in [1.165, 1.54) is 17.0 Å². The number of nitrogens with zero attached hydrogens (tertiary/aromatic N) is 2. The van der Waals surface area contributed by atoms with E-state index in [1.54, 1.807) is 19.1 Å². The van der Waals surface area contributed by atoms with Crippen LogP contribution in [0.4, 0.5) is 0 Å². The van der Waals surface area contributed by atoms with E-state index < -0.39 is 27.4 Å². The zero-order valence-corrected chi connectivity index (χ0v) is 20.7. The van der Waals surface area contributed by atoms with Crippen LogP contribution in [0.2, 0.25) is 0 Å². The lowest BCUT2D eigenvalue weighted by atomic mass is 9.94. The van der Waals surface area contributed by atoms with Crippen LogP contribution in [0.25, 0.3) is 0 Å². The van der Waals surface area contributed by atoms with Gasteiger partial charge in [-0.1, -0.05) is 78.4 Å². The Balaban J connectivity index is 1.65. The number of carbonyl (C=O) groups is 2. The van der Waals surface area contributed by atoms with Crippen molar-refractivity contribution in [3.63, 3.8) is 0 Å². The Kier molecular flexibility index (Phi) is 7.05. The third-order valence-electron chi connectivity index (χ3n) is 6.32. The van der Waals surface area contributed by atoms with E-state index in [4.69, 9.17) is 0 Å². The van der Waals surface area contributed by atoms with Gasteiger partial charge in [-0.25, -0.2) is 8.42 Å². The van der Waals surface area contributed by atoms with Crippen molar-refractivity contribution in [1.82, 2.24) is 14.5 Å². The van der Waals surface area contributed by atoms with Crippen LogP contribution in [0, 0.1) is 6.92 Å². The molecule has 35 heavy (non-hydrogen) atoms. The number of carbonyl (C=O) groups excluding carboxylic acids is 2. The fourth-order valence-corrected chi connectivity index (χ4v) is 5.70. The lowest BCUT2D eigenvalue weighted by Crippen LogP contribution is -2.69. The molecule has 182 valence electrons. The van der Waals surface area contributed by atoms with Gasteiger partial charge in [0.2, 0.25) is 21.8 Å². The smallest absolute Gasteiger partial charge is 0.247 e. The molecule has 3 aromatic rings. The second-order valence-electron chi connectivity index (χ2n) is 8.99. The summed E-state index contributed by atoms with van der Waals surface area (Å²) in [6.07, 6.45) is 0. The fourth-order valence-electron chi connectivity index (χ4n) is 4.22. The van der Waals surface area contributed by atoms with E-state index >= 15 is 0 Å². The molecule has 0 spiro atoms. The van der Waals surface area contributed by atoms with E-state index in [0.717, 1.165) is 21.0 Å². The summed E-state index contributed by atoms with van der Waals surface area (Å²) in [5.41, 5.74) is 1.29. The monoisotopic (exact) mass is 491 g/mol. The molecule has 1 atom stereocenters. The largest absolute Gasteiger partial charge is 0.350 e. The lowest BCUT2D eigenvalue weighted by molar-refractivity contribution is -0.153. The molecule has 0 unspecified atom stereocenters. The van der Waals surface area contributed by atoms with Crippen molar-refractivity contribution in [3.8, 4) is 0 Å². The van der Waals surface area contributed by atoms with E-state index in [9.17, 15) is 18.0 Å². The highest BCUT2D eigenvalue weighted by Gasteiger charge is 2.50. The van der Waals surface area contributed by atoms with Crippen LogP contribution < -0.4 is 5.32 Å². The molecule has 4 rings (SSSR count). The van der Waals surface area contributed by atoms with Gasteiger partial charge in [0.05, 0.1) is 11.4 Å². The van der Waals surface area contributed by atoms with Gasteiger partial charge in [0.25, 0.3) is 0 Å². The number of benzene rings is 3. The summed E-state index contributed by atoms with van der Waals surface area (Å²) in [4.78, 5) is 28.5. The van der Waals surface area contributed by atoms with Crippen molar-refractivity contribution >= 4 is 21.8 Å². The molecule has 0 aromatic heterocycles. The van der Waals surface area contributed by atoms with Gasteiger partial charge < -0.3 is 10.2 Å². The molecular weight excluding hydrogens is 462 g/mol. The van der Waals surface area contributed by atoms with Gasteiger partial charge >= 0.3 is 0 Å². The predicted molar refractivity (Wildman–Crippen MR) is 134 cm³/mol. The Morgan fingerprint density at radius 3 is 2.09 bits per heavy atom. The minimum atomic E-state index is -3.97. The summed E-state index contributed by atoms with van der Waals surface area (Å²) in [5.74, 6) is -0.831. The fraction of sp³-hybridized carbons (Fsp3) is 0.259. The number of nitrogens with one attached hydrogen (secondary N) is 1. The maximum atomic E-state index is 13.6. The van der Waals surface area contributed by atoms with Gasteiger partial charge in [0.1, 0.15) is 5.54 Å². The molecule has 1 heterocycles. The third kappa shape index (κ3) is 5.28. The van der Waals surface area contributed by atoms with Crippen LogP contribution in [0.3, 0.4) is 0 Å². The molecule has 2 amide bonds. The molecule has 1 N–H and O–H groups in total. The summed E-state index contributed by atoms with van der Waals surface area (Å²) in [5, 5.41) is 2.91. The van der Waals surface area contributed by atoms with Gasteiger partial charge in [0.15, 0.2) is 0 Å². The Bertz CT molecular complexity index is 1300. The lowest BCUT2D eigenvalue weighted by Gasteiger charge is -2.46. The van der Waals surface area contributed by atoms with E-state index in [1.807, 2.05) is 67.6 Å². The molecule has 0 bridgehead atoms. The second kappa shape index (κ2) is 10.0. The van der Waals surface area contributed by atoms with Crippen molar-refractivity contribution < 1.29 is 18.0 Å². The van der Waals surface area contributed by atoms with E-state index in [-0.39, 0.29) is 31.1 Å². The van der Waals surface area contributed by atoms with Gasteiger partial charge in [-0.3, -0.25) is 9.59 Å². The molecule has 0 saturated carbocycles. The van der Waals surface area contributed by atoms with Crippen LogP contribution in [-0.2, 0) is 32.7 Å². The molecular formula is C27H29N3O4S. The minimum Gasteiger partial charge on any atom is -0.350 e. The molecule has 1 saturated heterocycles. The summed E-state index contributed by atoms with van der Waals surface area (Å²) < 4.78 is 28.0. The van der Waals surface area contributed by atoms with Crippen LogP contribution in [-0.4, -0.2) is 48.1 Å². The Morgan fingerprint density at radius 2 is 1.49 bits per heavy atom. The number of hydrogen-bond acceptors (Lipinski definition) is 4. The molecule has 1 fully saturated rings. The number of rotatable bonds is 7. The first kappa shape index (κ1) is 24.6. The molecule has 8 heteroatoms. The summed E-state index contributed by atoms with van der Waals surface area (Å²) in [6.45, 7) is 3.50. The average molecular weight is 492 g/mol. The number of aryl methyl sites for hydroxylation is 1. The Morgan fingerprint density at radius 1 is 0.914 bits per heavy atom. The zero-order chi connectivity index (χ0) is 25.1. The zero-order valence-electron chi connectivity index (χ0n) is 19.8. The predicted octanol–water partition coefficient (Wildman–Crippen LogP) is 3.10. The standard InChI is InChI=1S/C27H29N3O4S/c1-21-13-15-24(16-14-21)35(33,34)29-19-25(31)30(18-23-11-7-4-8-12-23)27(2,20-29)26(32)28-17-22-9-5-3-6-10-22/h3-16H,17-20H2,1-2H3,(H,28,32)/t27-/m0/s1. The Labute approximate surface area is 206 Å². The van der Waals surface area contributed by atoms with Crippen LogP contribution in [0.5, 0.6) is 0 Å². The van der Waals surface area contributed by atoms with Gasteiger partial charge in [-0.2, -0.15) is 4.31 Å². The van der Waals surface area contributed by atoms with Gasteiger partial charge in [-0.05, 0) is 37.1 Å². The third-order valence-corrected chi connectivity index (χ3v) is 8.13. The quantitative estimate of drug-likeness (QED) is 0.550. The highest BCUT2D eigenvalue weighted by molar-refractivity contribution is 7.89. The maximum absolute atomic E-state index is 13.6. The number of sulfonamides is 1. The molecule has 7 nitrogen and oxygen atoms in total. The average Bonchev–Trinajstić information content (AvgIpc) is 2.86. The van der Waals surface area contributed by atoms with Crippen molar-refractivity contribution in [2.24, 2.45) is 0 Å². The highest BCUT2D eigenvalue weighted by atomic mass is 32.2. The van der Waals surface area contributed by atoms with Crippen LogP contribution in [0.15, 0.2) is 89.8 Å². The van der Waals surface area contributed by atoms with Crippen molar-refractivity contribution in [1.29, 1.82) is 0 Å². The van der Waals surface area contributed by atoms with Crippen molar-refractivity contribution in [3.05, 3.63) is 102 Å². The second-order valence-corrected chi connectivity index (χ2v) is 10.9. The minimum absolute atomic E-state index is 0.0967.